The third kappa shape index (κ3) is 2.38. The van der Waals surface area contributed by atoms with Gasteiger partial charge in [0.05, 0.1) is 22.4 Å². The summed E-state index contributed by atoms with van der Waals surface area (Å²) in [6.45, 7) is 0. The second-order valence-electron chi connectivity index (χ2n) is 8.54. The van der Waals surface area contributed by atoms with Crippen molar-refractivity contribution in [3.63, 3.8) is 0 Å². The Morgan fingerprint density at radius 1 is 0.471 bits per heavy atom. The van der Waals surface area contributed by atoms with Gasteiger partial charge in [0.2, 0.25) is 0 Å². The van der Waals surface area contributed by atoms with Gasteiger partial charge in [0, 0.05) is 25.9 Å². The molecule has 7 aromatic rings. The molecule has 3 heterocycles. The van der Waals surface area contributed by atoms with Gasteiger partial charge < -0.3 is 13.7 Å². The molecule has 0 amide bonds. The van der Waals surface area contributed by atoms with E-state index in [0.717, 1.165) is 60.9 Å². The van der Waals surface area contributed by atoms with Gasteiger partial charge in [-0.3, -0.25) is 0 Å². The maximum atomic E-state index is 6.74. The van der Waals surface area contributed by atoms with Crippen LogP contribution in [0.2, 0.25) is 0 Å². The molecule has 0 spiro atoms. The van der Waals surface area contributed by atoms with Crippen LogP contribution < -0.4 is 4.90 Å². The zero-order valence-electron chi connectivity index (χ0n) is 18.0. The summed E-state index contributed by atoms with van der Waals surface area (Å²) in [6, 6.07) is 35.9. The van der Waals surface area contributed by atoms with Crippen molar-refractivity contribution in [2.75, 3.05) is 4.90 Å². The van der Waals surface area contributed by atoms with Gasteiger partial charge in [-0.25, -0.2) is 0 Å². The summed E-state index contributed by atoms with van der Waals surface area (Å²) in [5.41, 5.74) is 6.84. The van der Waals surface area contributed by atoms with Gasteiger partial charge in [0.25, 0.3) is 0 Å². The number of furan rings is 2. The SMILES string of the molecule is c1ccc2c(c1)Sc1ccccc1N2c1cccc2c1oc1c2ccc2oc3ccccc3c21. The predicted octanol–water partition coefficient (Wildman–Crippen LogP) is 9.42. The van der Waals surface area contributed by atoms with Crippen LogP contribution in [-0.4, -0.2) is 0 Å². The summed E-state index contributed by atoms with van der Waals surface area (Å²) in [7, 11) is 0. The first-order valence-electron chi connectivity index (χ1n) is 11.3. The molecule has 0 radical (unpaired) electrons. The molecule has 1 aliphatic rings. The Morgan fingerprint density at radius 2 is 1.12 bits per heavy atom. The van der Waals surface area contributed by atoms with Crippen molar-refractivity contribution in [3.05, 3.63) is 103 Å². The second kappa shape index (κ2) is 6.69. The minimum Gasteiger partial charge on any atom is -0.456 e. The maximum Gasteiger partial charge on any atom is 0.159 e. The first-order chi connectivity index (χ1) is 16.9. The Morgan fingerprint density at radius 3 is 1.94 bits per heavy atom. The zero-order valence-corrected chi connectivity index (χ0v) is 18.8. The molecule has 0 saturated carbocycles. The minimum atomic E-state index is 0.847. The Kier molecular flexibility index (Phi) is 3.60. The van der Waals surface area contributed by atoms with Crippen LogP contribution >= 0.6 is 11.8 Å². The molecule has 0 N–H and O–H groups in total. The first-order valence-corrected chi connectivity index (χ1v) is 12.1. The third-order valence-electron chi connectivity index (χ3n) is 6.66. The van der Waals surface area contributed by atoms with Gasteiger partial charge in [-0.15, -0.1) is 0 Å². The highest BCUT2D eigenvalue weighted by molar-refractivity contribution is 7.99. The summed E-state index contributed by atoms with van der Waals surface area (Å²) in [4.78, 5) is 4.80. The van der Waals surface area contributed by atoms with Crippen molar-refractivity contribution in [2.45, 2.75) is 9.79 Å². The van der Waals surface area contributed by atoms with Crippen LogP contribution in [0.15, 0.2) is 122 Å². The van der Waals surface area contributed by atoms with E-state index in [1.165, 1.54) is 9.79 Å². The van der Waals surface area contributed by atoms with Crippen molar-refractivity contribution in [3.8, 4) is 0 Å². The second-order valence-corrected chi connectivity index (χ2v) is 9.63. The van der Waals surface area contributed by atoms with Crippen molar-refractivity contribution in [1.29, 1.82) is 0 Å². The number of anilines is 3. The van der Waals surface area contributed by atoms with Gasteiger partial charge in [-0.05, 0) is 48.5 Å². The summed E-state index contributed by atoms with van der Waals surface area (Å²) in [5.74, 6) is 0. The molecule has 0 fully saturated rings. The largest absolute Gasteiger partial charge is 0.456 e. The number of benzene rings is 5. The maximum absolute atomic E-state index is 6.74. The highest BCUT2D eigenvalue weighted by Gasteiger charge is 2.27. The molecule has 5 aromatic carbocycles. The number of para-hydroxylation sites is 4. The fourth-order valence-corrected chi connectivity index (χ4v) is 6.25. The van der Waals surface area contributed by atoms with Crippen LogP contribution in [0.4, 0.5) is 17.1 Å². The van der Waals surface area contributed by atoms with Crippen LogP contribution in [0.25, 0.3) is 43.9 Å². The normalized spacial score (nSPS) is 13.1. The van der Waals surface area contributed by atoms with E-state index in [1.54, 1.807) is 0 Å². The summed E-state index contributed by atoms with van der Waals surface area (Å²) in [6.07, 6.45) is 0. The van der Waals surface area contributed by atoms with E-state index in [4.69, 9.17) is 8.83 Å². The highest BCUT2D eigenvalue weighted by atomic mass is 32.2. The molecule has 160 valence electrons. The molecular formula is C30H17NO2S. The molecule has 0 aliphatic carbocycles. The van der Waals surface area contributed by atoms with E-state index in [2.05, 4.69) is 89.8 Å². The Hall–Kier alpha value is -4.15. The van der Waals surface area contributed by atoms with Gasteiger partial charge in [0.1, 0.15) is 16.7 Å². The third-order valence-corrected chi connectivity index (χ3v) is 7.79. The lowest BCUT2D eigenvalue weighted by molar-refractivity contribution is 0.663. The van der Waals surface area contributed by atoms with Crippen LogP contribution in [0, 0.1) is 0 Å². The fraction of sp³-hybridized carbons (Fsp3) is 0. The van der Waals surface area contributed by atoms with E-state index in [1.807, 2.05) is 30.0 Å². The van der Waals surface area contributed by atoms with Crippen LogP contribution in [0.3, 0.4) is 0 Å². The van der Waals surface area contributed by atoms with Gasteiger partial charge in [-0.2, -0.15) is 0 Å². The topological polar surface area (TPSA) is 29.5 Å². The molecular weight excluding hydrogens is 438 g/mol. The molecule has 2 aromatic heterocycles. The standard InChI is InChI=1S/C30H17NO2S/c1-4-13-24-20(8-1)28-25(32-24)17-16-19-18-9-7-12-23(29(18)33-30(19)28)31-21-10-2-5-14-26(21)34-27-15-6-3-11-22(27)31/h1-17H. The molecule has 0 bridgehead atoms. The quantitative estimate of drug-likeness (QED) is 0.246. The van der Waals surface area contributed by atoms with Gasteiger partial charge in [-0.1, -0.05) is 66.4 Å². The molecule has 8 rings (SSSR count). The minimum absolute atomic E-state index is 0.847. The number of rotatable bonds is 1. The Bertz CT molecular complexity index is 1870. The number of hydrogen-bond donors (Lipinski definition) is 0. The molecule has 3 nitrogen and oxygen atoms in total. The zero-order chi connectivity index (χ0) is 22.2. The summed E-state index contributed by atoms with van der Waals surface area (Å²) >= 11 is 1.81. The van der Waals surface area contributed by atoms with Crippen LogP contribution in [0.1, 0.15) is 0 Å². The summed E-state index contributed by atoms with van der Waals surface area (Å²) in [5, 5.41) is 4.32. The lowest BCUT2D eigenvalue weighted by atomic mass is 10.1. The molecule has 0 saturated heterocycles. The van der Waals surface area contributed by atoms with Crippen LogP contribution in [0.5, 0.6) is 0 Å². The summed E-state index contributed by atoms with van der Waals surface area (Å²) < 4.78 is 12.9. The molecule has 0 atom stereocenters. The Labute approximate surface area is 199 Å². The monoisotopic (exact) mass is 455 g/mol. The van der Waals surface area contributed by atoms with Crippen molar-refractivity contribution in [1.82, 2.24) is 0 Å². The first kappa shape index (κ1) is 18.3. The fourth-order valence-electron chi connectivity index (χ4n) is 5.19. The van der Waals surface area contributed by atoms with E-state index >= 15 is 0 Å². The lowest BCUT2D eigenvalue weighted by Gasteiger charge is -2.32. The molecule has 0 unspecified atom stereocenters. The lowest BCUT2D eigenvalue weighted by Crippen LogP contribution is -2.14. The highest BCUT2D eigenvalue weighted by Crippen LogP contribution is 2.53. The molecule has 4 heteroatoms. The molecule has 1 aliphatic heterocycles. The van der Waals surface area contributed by atoms with Gasteiger partial charge >= 0.3 is 0 Å². The van der Waals surface area contributed by atoms with E-state index < -0.39 is 0 Å². The number of nitrogens with zero attached hydrogens (tertiary/aromatic N) is 1. The predicted molar refractivity (Wildman–Crippen MR) is 140 cm³/mol. The van der Waals surface area contributed by atoms with Crippen molar-refractivity contribution >= 4 is 72.7 Å². The molecule has 34 heavy (non-hydrogen) atoms. The van der Waals surface area contributed by atoms with Gasteiger partial charge in [0.15, 0.2) is 5.58 Å². The van der Waals surface area contributed by atoms with E-state index in [9.17, 15) is 0 Å². The van der Waals surface area contributed by atoms with Crippen molar-refractivity contribution < 1.29 is 8.83 Å². The van der Waals surface area contributed by atoms with E-state index in [0.29, 0.717) is 0 Å². The average molecular weight is 456 g/mol. The number of hydrogen-bond acceptors (Lipinski definition) is 4. The van der Waals surface area contributed by atoms with Crippen LogP contribution in [-0.2, 0) is 0 Å². The van der Waals surface area contributed by atoms with Crippen molar-refractivity contribution in [2.24, 2.45) is 0 Å². The smallest absolute Gasteiger partial charge is 0.159 e. The average Bonchev–Trinajstić information content (AvgIpc) is 3.45. The Balaban J connectivity index is 1.49. The van der Waals surface area contributed by atoms with E-state index in [-0.39, 0.29) is 0 Å². The number of fused-ring (bicyclic) bond motifs is 9.